The second-order valence-electron chi connectivity index (χ2n) is 4.76. The molecule has 1 saturated carbocycles. The van der Waals surface area contributed by atoms with Gasteiger partial charge in [0.05, 0.1) is 0 Å². The highest BCUT2D eigenvalue weighted by Crippen LogP contribution is 2.40. The number of hydrogen-bond donors (Lipinski definition) is 1. The van der Waals surface area contributed by atoms with E-state index in [-0.39, 0.29) is 18.2 Å². The van der Waals surface area contributed by atoms with Crippen LogP contribution in [0.2, 0.25) is 0 Å². The second kappa shape index (κ2) is 3.83. The third kappa shape index (κ3) is 1.98. The van der Waals surface area contributed by atoms with Crippen LogP contribution in [0.15, 0.2) is 0 Å². The van der Waals surface area contributed by atoms with Crippen molar-refractivity contribution in [2.24, 2.45) is 11.8 Å². The Labute approximate surface area is 89.3 Å². The van der Waals surface area contributed by atoms with Gasteiger partial charge in [-0.2, -0.15) is 0 Å². The second-order valence-corrected chi connectivity index (χ2v) is 4.76. The normalized spacial score (nSPS) is 34.2. The van der Waals surface area contributed by atoms with E-state index < -0.39 is 5.97 Å². The van der Waals surface area contributed by atoms with E-state index >= 15 is 0 Å². The molecule has 1 aliphatic carbocycles. The molecule has 2 aliphatic rings. The van der Waals surface area contributed by atoms with E-state index in [1.54, 1.807) is 6.92 Å². The summed E-state index contributed by atoms with van der Waals surface area (Å²) >= 11 is 0. The lowest BCUT2D eigenvalue weighted by molar-refractivity contribution is -0.138. The lowest BCUT2D eigenvalue weighted by Crippen LogP contribution is -2.33. The molecule has 4 heteroatoms. The minimum absolute atomic E-state index is 0.137. The highest BCUT2D eigenvalue weighted by atomic mass is 16.4. The lowest BCUT2D eigenvalue weighted by Gasteiger charge is -2.27. The number of carbonyl (C=O) groups is 2. The molecule has 2 fully saturated rings. The Hall–Kier alpha value is -1.06. The SMILES string of the molecule is CC(=O)N1CC2CC1CCC2CC(=O)O. The monoisotopic (exact) mass is 211 g/mol. The van der Waals surface area contributed by atoms with Crippen LogP contribution in [0.4, 0.5) is 0 Å². The van der Waals surface area contributed by atoms with Crippen molar-refractivity contribution in [3.8, 4) is 0 Å². The average Bonchev–Trinajstić information content (AvgIpc) is 2.49. The van der Waals surface area contributed by atoms with Crippen LogP contribution in [0.1, 0.15) is 32.6 Å². The zero-order valence-corrected chi connectivity index (χ0v) is 8.98. The lowest BCUT2D eigenvalue weighted by atomic mass is 9.78. The average molecular weight is 211 g/mol. The highest BCUT2D eigenvalue weighted by molar-refractivity contribution is 5.74. The van der Waals surface area contributed by atoms with Gasteiger partial charge in [0.1, 0.15) is 0 Å². The number of nitrogens with zero attached hydrogens (tertiary/aromatic N) is 1. The third-order valence-corrected chi connectivity index (χ3v) is 3.83. The van der Waals surface area contributed by atoms with Gasteiger partial charge < -0.3 is 10.0 Å². The molecule has 2 bridgehead atoms. The largest absolute Gasteiger partial charge is 0.481 e. The molecular weight excluding hydrogens is 194 g/mol. The Morgan fingerprint density at radius 1 is 1.40 bits per heavy atom. The first-order valence-electron chi connectivity index (χ1n) is 5.57. The van der Waals surface area contributed by atoms with E-state index in [9.17, 15) is 9.59 Å². The summed E-state index contributed by atoms with van der Waals surface area (Å²) in [6.07, 6.45) is 3.22. The smallest absolute Gasteiger partial charge is 0.303 e. The Kier molecular flexibility index (Phi) is 2.67. The number of likely N-dealkylation sites (tertiary alicyclic amines) is 1. The summed E-state index contributed by atoms with van der Waals surface area (Å²) in [5.41, 5.74) is 0. The quantitative estimate of drug-likeness (QED) is 0.744. The minimum atomic E-state index is -0.709. The molecule has 0 aromatic heterocycles. The Morgan fingerprint density at radius 3 is 2.73 bits per heavy atom. The van der Waals surface area contributed by atoms with Crippen LogP contribution in [0, 0.1) is 11.8 Å². The molecule has 1 saturated heterocycles. The topological polar surface area (TPSA) is 57.6 Å². The summed E-state index contributed by atoms with van der Waals surface area (Å²) in [6, 6.07) is 0.387. The van der Waals surface area contributed by atoms with Gasteiger partial charge in [0.25, 0.3) is 0 Å². The minimum Gasteiger partial charge on any atom is -0.481 e. The first-order valence-corrected chi connectivity index (χ1v) is 5.57. The predicted octanol–water partition coefficient (Wildman–Crippen LogP) is 1.11. The van der Waals surface area contributed by atoms with Crippen molar-refractivity contribution >= 4 is 11.9 Å². The molecule has 1 aliphatic heterocycles. The molecule has 1 N–H and O–H groups in total. The van der Waals surface area contributed by atoms with E-state index in [2.05, 4.69) is 0 Å². The summed E-state index contributed by atoms with van der Waals surface area (Å²) in [7, 11) is 0. The molecule has 1 amide bonds. The van der Waals surface area contributed by atoms with Crippen LogP contribution >= 0.6 is 0 Å². The fraction of sp³-hybridized carbons (Fsp3) is 0.818. The number of aliphatic carboxylic acids is 1. The molecule has 1 heterocycles. The highest BCUT2D eigenvalue weighted by Gasteiger charge is 2.42. The predicted molar refractivity (Wildman–Crippen MR) is 54.3 cm³/mol. The third-order valence-electron chi connectivity index (χ3n) is 3.83. The van der Waals surface area contributed by atoms with Crippen LogP contribution in [0.3, 0.4) is 0 Å². The fourth-order valence-electron chi connectivity index (χ4n) is 3.09. The maximum atomic E-state index is 11.3. The molecule has 0 spiro atoms. The Bertz CT molecular complexity index is 290. The number of hydrogen-bond acceptors (Lipinski definition) is 2. The van der Waals surface area contributed by atoms with Gasteiger partial charge >= 0.3 is 5.97 Å². The van der Waals surface area contributed by atoms with Gasteiger partial charge in [-0.25, -0.2) is 0 Å². The summed E-state index contributed by atoms with van der Waals surface area (Å²) < 4.78 is 0. The van der Waals surface area contributed by atoms with E-state index in [0.29, 0.717) is 12.0 Å². The van der Waals surface area contributed by atoms with Gasteiger partial charge in [-0.3, -0.25) is 9.59 Å². The summed E-state index contributed by atoms with van der Waals surface area (Å²) in [5.74, 6) is 0.130. The molecule has 15 heavy (non-hydrogen) atoms. The molecule has 4 nitrogen and oxygen atoms in total. The number of carboxylic acid groups (broad SMARTS) is 1. The van der Waals surface area contributed by atoms with Crippen molar-refractivity contribution in [3.05, 3.63) is 0 Å². The zero-order valence-electron chi connectivity index (χ0n) is 8.98. The fourth-order valence-corrected chi connectivity index (χ4v) is 3.09. The van der Waals surface area contributed by atoms with E-state index in [1.165, 1.54) is 0 Å². The first-order chi connectivity index (χ1) is 7.08. The van der Waals surface area contributed by atoms with E-state index in [1.807, 2.05) is 4.90 Å². The van der Waals surface area contributed by atoms with Gasteiger partial charge in [-0.05, 0) is 31.1 Å². The maximum absolute atomic E-state index is 11.3. The Morgan fingerprint density at radius 2 is 2.13 bits per heavy atom. The van der Waals surface area contributed by atoms with Crippen LogP contribution in [0.5, 0.6) is 0 Å². The maximum Gasteiger partial charge on any atom is 0.303 e. The zero-order chi connectivity index (χ0) is 11.0. The van der Waals surface area contributed by atoms with Gasteiger partial charge in [0, 0.05) is 25.9 Å². The van der Waals surface area contributed by atoms with Gasteiger partial charge in [0.2, 0.25) is 5.91 Å². The molecule has 3 unspecified atom stereocenters. The van der Waals surface area contributed by atoms with Crippen LogP contribution in [-0.2, 0) is 9.59 Å². The summed E-state index contributed by atoms with van der Waals surface area (Å²) in [6.45, 7) is 2.38. The molecule has 0 aromatic rings. The van der Waals surface area contributed by atoms with Crippen molar-refractivity contribution in [1.82, 2.24) is 4.90 Å². The number of amides is 1. The van der Waals surface area contributed by atoms with Crippen LogP contribution in [-0.4, -0.2) is 34.5 Å². The number of carbonyl (C=O) groups excluding carboxylic acids is 1. The summed E-state index contributed by atoms with van der Waals surface area (Å²) in [5, 5.41) is 8.79. The van der Waals surface area contributed by atoms with Crippen molar-refractivity contribution in [1.29, 1.82) is 0 Å². The molecule has 84 valence electrons. The van der Waals surface area contributed by atoms with Gasteiger partial charge in [-0.1, -0.05) is 0 Å². The standard InChI is InChI=1S/C11H17NO3/c1-7(13)12-6-9-4-10(12)3-2-8(9)5-11(14)15/h8-10H,2-6H2,1H3,(H,14,15). The van der Waals surface area contributed by atoms with Crippen molar-refractivity contribution in [2.45, 2.75) is 38.6 Å². The molecule has 2 rings (SSSR count). The number of fused-ring (bicyclic) bond motifs is 2. The van der Waals surface area contributed by atoms with Crippen molar-refractivity contribution < 1.29 is 14.7 Å². The van der Waals surface area contributed by atoms with Crippen LogP contribution < -0.4 is 0 Å². The Balaban J connectivity index is 2.01. The number of carboxylic acids is 1. The van der Waals surface area contributed by atoms with E-state index in [4.69, 9.17) is 5.11 Å². The van der Waals surface area contributed by atoms with Gasteiger partial charge in [0.15, 0.2) is 0 Å². The van der Waals surface area contributed by atoms with Crippen LogP contribution in [0.25, 0.3) is 0 Å². The van der Waals surface area contributed by atoms with Crippen molar-refractivity contribution in [3.63, 3.8) is 0 Å². The molecule has 3 atom stereocenters. The molecule has 0 radical (unpaired) electrons. The van der Waals surface area contributed by atoms with E-state index in [0.717, 1.165) is 25.8 Å². The van der Waals surface area contributed by atoms with Crippen molar-refractivity contribution in [2.75, 3.05) is 6.54 Å². The first kappa shape index (κ1) is 10.5. The molecule has 0 aromatic carbocycles. The molecular formula is C11H17NO3. The van der Waals surface area contributed by atoms with Gasteiger partial charge in [-0.15, -0.1) is 0 Å². The summed E-state index contributed by atoms with van der Waals surface area (Å²) in [4.78, 5) is 23.9. The number of rotatable bonds is 2.